The number of aromatic nitrogens is 1. The monoisotopic (exact) mass is 288 g/mol. The van der Waals surface area contributed by atoms with Gasteiger partial charge < -0.3 is 5.32 Å². The van der Waals surface area contributed by atoms with Gasteiger partial charge in [0.1, 0.15) is 0 Å². The van der Waals surface area contributed by atoms with Crippen molar-refractivity contribution in [3.05, 3.63) is 77.1 Å². The van der Waals surface area contributed by atoms with Crippen LogP contribution in [0.4, 0.5) is 0 Å². The van der Waals surface area contributed by atoms with Gasteiger partial charge in [0, 0.05) is 11.8 Å². The Bertz CT molecular complexity index is 846. The standard InChI is InChI=1S/C19H16N2O/c22-19(21-12-15-5-1-2-11-20-15)17-10-9-14-8-7-13-4-3-6-16(17)18(13)14/h1-6,9-11H,7-8,12H2,(H,21,22). The van der Waals surface area contributed by atoms with E-state index in [0.29, 0.717) is 6.54 Å². The fraction of sp³-hybridized carbons (Fsp3) is 0.158. The van der Waals surface area contributed by atoms with E-state index in [2.05, 4.69) is 22.4 Å². The highest BCUT2D eigenvalue weighted by atomic mass is 16.1. The van der Waals surface area contributed by atoms with Crippen molar-refractivity contribution < 1.29 is 4.79 Å². The first-order valence-corrected chi connectivity index (χ1v) is 7.54. The van der Waals surface area contributed by atoms with Crippen molar-refractivity contribution in [3.8, 4) is 0 Å². The van der Waals surface area contributed by atoms with Crippen LogP contribution in [-0.2, 0) is 19.4 Å². The van der Waals surface area contributed by atoms with Crippen LogP contribution in [0.3, 0.4) is 0 Å². The van der Waals surface area contributed by atoms with E-state index in [9.17, 15) is 4.79 Å². The molecule has 3 nitrogen and oxygen atoms in total. The lowest BCUT2D eigenvalue weighted by atomic mass is 9.99. The summed E-state index contributed by atoms with van der Waals surface area (Å²) in [5.41, 5.74) is 4.32. The van der Waals surface area contributed by atoms with Crippen LogP contribution < -0.4 is 5.32 Å². The third kappa shape index (κ3) is 2.15. The molecule has 0 aliphatic heterocycles. The van der Waals surface area contributed by atoms with E-state index in [1.54, 1.807) is 6.20 Å². The van der Waals surface area contributed by atoms with Crippen LogP contribution in [-0.4, -0.2) is 10.9 Å². The smallest absolute Gasteiger partial charge is 0.252 e. The van der Waals surface area contributed by atoms with Crippen LogP contribution in [0.15, 0.2) is 54.7 Å². The van der Waals surface area contributed by atoms with Crippen molar-refractivity contribution in [2.45, 2.75) is 19.4 Å². The molecule has 0 atom stereocenters. The van der Waals surface area contributed by atoms with Crippen LogP contribution in [0.25, 0.3) is 10.8 Å². The molecule has 0 saturated heterocycles. The third-order valence-electron chi connectivity index (χ3n) is 4.28. The predicted molar refractivity (Wildman–Crippen MR) is 86.8 cm³/mol. The first-order valence-electron chi connectivity index (χ1n) is 7.54. The average Bonchev–Trinajstić information content (AvgIpc) is 2.99. The number of hydrogen-bond donors (Lipinski definition) is 1. The molecule has 0 bridgehead atoms. The van der Waals surface area contributed by atoms with Gasteiger partial charge in [-0.1, -0.05) is 30.3 Å². The summed E-state index contributed by atoms with van der Waals surface area (Å²) in [4.78, 5) is 16.8. The Hall–Kier alpha value is -2.68. The van der Waals surface area contributed by atoms with Gasteiger partial charge in [-0.2, -0.15) is 0 Å². The highest BCUT2D eigenvalue weighted by Crippen LogP contribution is 2.32. The second-order valence-electron chi connectivity index (χ2n) is 5.62. The summed E-state index contributed by atoms with van der Waals surface area (Å²) in [6.07, 6.45) is 3.89. The molecule has 4 rings (SSSR count). The Morgan fingerprint density at radius 3 is 2.68 bits per heavy atom. The molecule has 1 heterocycles. The van der Waals surface area contributed by atoms with E-state index < -0.39 is 0 Å². The Morgan fingerprint density at radius 1 is 1.00 bits per heavy atom. The quantitative estimate of drug-likeness (QED) is 0.803. The van der Waals surface area contributed by atoms with Gasteiger partial charge in [0.2, 0.25) is 0 Å². The number of carbonyl (C=O) groups is 1. The van der Waals surface area contributed by atoms with Crippen molar-refractivity contribution >= 4 is 16.7 Å². The average molecular weight is 288 g/mol. The second kappa shape index (κ2) is 5.26. The lowest BCUT2D eigenvalue weighted by Crippen LogP contribution is -2.23. The van der Waals surface area contributed by atoms with Gasteiger partial charge in [0.25, 0.3) is 5.91 Å². The second-order valence-corrected chi connectivity index (χ2v) is 5.62. The summed E-state index contributed by atoms with van der Waals surface area (Å²) < 4.78 is 0. The Kier molecular flexibility index (Phi) is 3.11. The van der Waals surface area contributed by atoms with Gasteiger partial charge in [-0.3, -0.25) is 9.78 Å². The molecule has 1 N–H and O–H groups in total. The maximum atomic E-state index is 12.5. The summed E-state index contributed by atoms with van der Waals surface area (Å²) in [6.45, 7) is 0.447. The zero-order valence-corrected chi connectivity index (χ0v) is 12.2. The largest absolute Gasteiger partial charge is 0.346 e. The van der Waals surface area contributed by atoms with E-state index in [0.717, 1.165) is 29.5 Å². The number of amides is 1. The SMILES string of the molecule is O=C(NCc1ccccn1)c1ccc2c3c(cccc13)CC2. The van der Waals surface area contributed by atoms with Gasteiger partial charge in [-0.25, -0.2) is 0 Å². The molecular weight excluding hydrogens is 272 g/mol. The number of hydrogen-bond acceptors (Lipinski definition) is 2. The lowest BCUT2D eigenvalue weighted by Gasteiger charge is -2.09. The number of carbonyl (C=O) groups excluding carboxylic acids is 1. The molecule has 3 aromatic rings. The highest BCUT2D eigenvalue weighted by molar-refractivity contribution is 6.09. The van der Waals surface area contributed by atoms with E-state index in [1.807, 2.05) is 36.4 Å². The Balaban J connectivity index is 1.66. The van der Waals surface area contributed by atoms with Gasteiger partial charge >= 0.3 is 0 Å². The van der Waals surface area contributed by atoms with E-state index >= 15 is 0 Å². The van der Waals surface area contributed by atoms with Gasteiger partial charge in [0.05, 0.1) is 12.2 Å². The van der Waals surface area contributed by atoms with Crippen molar-refractivity contribution in [1.29, 1.82) is 0 Å². The lowest BCUT2D eigenvalue weighted by molar-refractivity contribution is 0.0952. The van der Waals surface area contributed by atoms with Gasteiger partial charge in [-0.05, 0) is 52.9 Å². The van der Waals surface area contributed by atoms with E-state index in [1.165, 1.54) is 16.5 Å². The van der Waals surface area contributed by atoms with Crippen LogP contribution in [0.2, 0.25) is 0 Å². The van der Waals surface area contributed by atoms with Crippen LogP contribution >= 0.6 is 0 Å². The van der Waals surface area contributed by atoms with Crippen molar-refractivity contribution in [3.63, 3.8) is 0 Å². The van der Waals surface area contributed by atoms with Crippen LogP contribution in [0.1, 0.15) is 27.2 Å². The number of aryl methyl sites for hydroxylation is 2. The Morgan fingerprint density at radius 2 is 1.86 bits per heavy atom. The highest BCUT2D eigenvalue weighted by Gasteiger charge is 2.18. The summed E-state index contributed by atoms with van der Waals surface area (Å²) in [5, 5.41) is 5.30. The van der Waals surface area contributed by atoms with Crippen LogP contribution in [0.5, 0.6) is 0 Å². The molecule has 1 aliphatic carbocycles. The topological polar surface area (TPSA) is 42.0 Å². The molecular formula is C19H16N2O. The maximum absolute atomic E-state index is 12.5. The molecule has 3 heteroatoms. The fourth-order valence-electron chi connectivity index (χ4n) is 3.21. The predicted octanol–water partition coefficient (Wildman–Crippen LogP) is 3.26. The summed E-state index contributed by atoms with van der Waals surface area (Å²) in [6, 6.07) is 16.0. The number of nitrogens with one attached hydrogen (secondary N) is 1. The van der Waals surface area contributed by atoms with Gasteiger partial charge in [0.15, 0.2) is 0 Å². The van der Waals surface area contributed by atoms with Crippen molar-refractivity contribution in [2.75, 3.05) is 0 Å². The summed E-state index contributed by atoms with van der Waals surface area (Å²) in [5.74, 6) is -0.0405. The van der Waals surface area contributed by atoms with Crippen LogP contribution in [0, 0.1) is 0 Å². The number of pyridine rings is 1. The van der Waals surface area contributed by atoms with E-state index in [4.69, 9.17) is 0 Å². The zero-order chi connectivity index (χ0) is 14.9. The zero-order valence-electron chi connectivity index (χ0n) is 12.2. The fourth-order valence-corrected chi connectivity index (χ4v) is 3.21. The molecule has 0 unspecified atom stereocenters. The first kappa shape index (κ1) is 13.0. The molecule has 1 amide bonds. The molecule has 0 radical (unpaired) electrons. The molecule has 22 heavy (non-hydrogen) atoms. The molecule has 0 fully saturated rings. The normalized spacial score (nSPS) is 12.5. The molecule has 0 spiro atoms. The minimum atomic E-state index is -0.0405. The van der Waals surface area contributed by atoms with Crippen molar-refractivity contribution in [2.24, 2.45) is 0 Å². The van der Waals surface area contributed by atoms with Gasteiger partial charge in [-0.15, -0.1) is 0 Å². The summed E-state index contributed by atoms with van der Waals surface area (Å²) in [7, 11) is 0. The molecule has 0 saturated carbocycles. The number of benzene rings is 2. The van der Waals surface area contributed by atoms with Crippen molar-refractivity contribution in [1.82, 2.24) is 10.3 Å². The molecule has 1 aromatic heterocycles. The first-order chi connectivity index (χ1) is 10.8. The minimum absolute atomic E-state index is 0.0405. The molecule has 2 aromatic carbocycles. The number of nitrogens with zero attached hydrogens (tertiary/aromatic N) is 1. The Labute approximate surface area is 129 Å². The molecule has 108 valence electrons. The maximum Gasteiger partial charge on any atom is 0.252 e. The van der Waals surface area contributed by atoms with E-state index in [-0.39, 0.29) is 5.91 Å². The number of rotatable bonds is 3. The molecule has 1 aliphatic rings. The third-order valence-corrected chi connectivity index (χ3v) is 4.28. The summed E-state index contributed by atoms with van der Waals surface area (Å²) >= 11 is 0. The minimum Gasteiger partial charge on any atom is -0.346 e.